The van der Waals surface area contributed by atoms with Crippen LogP contribution in [0.5, 0.6) is 0 Å². The number of thioether (sulfide) groups is 1. The second-order valence-electron chi connectivity index (χ2n) is 4.21. The Morgan fingerprint density at radius 2 is 2.15 bits per heavy atom. The maximum atomic E-state index is 11.7. The van der Waals surface area contributed by atoms with Gasteiger partial charge in [-0.2, -0.15) is 0 Å². The van der Waals surface area contributed by atoms with E-state index in [1.807, 2.05) is 26.2 Å². The van der Waals surface area contributed by atoms with Gasteiger partial charge in [0.25, 0.3) is 0 Å². The molecule has 108 valence electrons. The third-order valence-electron chi connectivity index (χ3n) is 2.51. The molecule has 9 heteroatoms. The molecule has 0 aromatic carbocycles. The Hall–Kier alpha value is -1.48. The van der Waals surface area contributed by atoms with Crippen molar-refractivity contribution in [1.29, 1.82) is 0 Å². The Morgan fingerprint density at radius 3 is 2.75 bits per heavy atom. The zero-order valence-electron chi connectivity index (χ0n) is 11.7. The maximum absolute atomic E-state index is 11.7. The molecule has 2 N–H and O–H groups in total. The lowest BCUT2D eigenvalue weighted by Gasteiger charge is -2.09. The summed E-state index contributed by atoms with van der Waals surface area (Å²) in [6, 6.07) is 1.86. The average molecular weight is 312 g/mol. The number of nitrogens with zero attached hydrogens (tertiary/aromatic N) is 4. The summed E-state index contributed by atoms with van der Waals surface area (Å²) in [4.78, 5) is 20.4. The quantitative estimate of drug-likeness (QED) is 0.495. The lowest BCUT2D eigenvalue weighted by molar-refractivity contribution is 0.533. The second kappa shape index (κ2) is 6.31. The zero-order valence-corrected chi connectivity index (χ0v) is 13.3. The minimum Gasteiger partial charge on any atom is -0.373 e. The van der Waals surface area contributed by atoms with Crippen molar-refractivity contribution >= 4 is 29.3 Å². The Balaban J connectivity index is 2.37. The number of rotatable bonds is 5. The number of H-pyrrole nitrogens is 1. The topological polar surface area (TPSA) is 88.5 Å². The van der Waals surface area contributed by atoms with E-state index in [-0.39, 0.29) is 11.7 Å². The van der Waals surface area contributed by atoms with Crippen molar-refractivity contribution < 1.29 is 0 Å². The lowest BCUT2D eigenvalue weighted by Crippen LogP contribution is -2.19. The van der Waals surface area contributed by atoms with E-state index in [9.17, 15) is 4.79 Å². The molecule has 0 unspecified atom stereocenters. The van der Waals surface area contributed by atoms with Crippen LogP contribution in [0.15, 0.2) is 26.2 Å². The van der Waals surface area contributed by atoms with E-state index in [0.717, 1.165) is 10.8 Å². The summed E-state index contributed by atoms with van der Waals surface area (Å²) in [7, 11) is 1.81. The third kappa shape index (κ3) is 3.15. The number of anilines is 1. The van der Waals surface area contributed by atoms with Gasteiger partial charge < -0.3 is 5.32 Å². The fraction of sp³-hybridized carbons (Fsp3) is 0.455. The van der Waals surface area contributed by atoms with Crippen LogP contribution in [-0.2, 0) is 0 Å². The molecule has 2 rings (SSSR count). The van der Waals surface area contributed by atoms with Gasteiger partial charge in [0.1, 0.15) is 10.8 Å². The molecule has 0 saturated carbocycles. The van der Waals surface area contributed by atoms with Crippen LogP contribution in [0.1, 0.15) is 19.9 Å². The predicted octanol–water partition coefficient (Wildman–Crippen LogP) is 1.86. The van der Waals surface area contributed by atoms with Crippen molar-refractivity contribution in [3.8, 4) is 0 Å². The molecule has 0 atom stereocenters. The summed E-state index contributed by atoms with van der Waals surface area (Å²) in [5.74, 6) is 0.737. The smallest absolute Gasteiger partial charge is 0.344 e. The van der Waals surface area contributed by atoms with Crippen LogP contribution in [0.3, 0.4) is 0 Å². The summed E-state index contributed by atoms with van der Waals surface area (Å²) in [6.07, 6.45) is 1.92. The molecule has 0 saturated heterocycles. The molecule has 7 nitrogen and oxygen atoms in total. The van der Waals surface area contributed by atoms with Gasteiger partial charge in [-0.3, -0.25) is 4.57 Å². The highest BCUT2D eigenvalue weighted by atomic mass is 32.2. The third-order valence-corrected chi connectivity index (χ3v) is 3.94. The summed E-state index contributed by atoms with van der Waals surface area (Å²) in [5.41, 5.74) is -0.213. The molecule has 20 heavy (non-hydrogen) atoms. The van der Waals surface area contributed by atoms with Crippen LogP contribution in [-0.4, -0.2) is 38.0 Å². The number of aromatic nitrogens is 5. The van der Waals surface area contributed by atoms with Gasteiger partial charge in [0, 0.05) is 19.2 Å². The number of aromatic amines is 1. The Morgan fingerprint density at radius 1 is 1.40 bits per heavy atom. The van der Waals surface area contributed by atoms with E-state index >= 15 is 0 Å². The van der Waals surface area contributed by atoms with Crippen LogP contribution in [0.25, 0.3) is 0 Å². The molecule has 0 spiro atoms. The Bertz CT molecular complexity index is 628. The van der Waals surface area contributed by atoms with Crippen LogP contribution >= 0.6 is 23.5 Å². The van der Waals surface area contributed by atoms with Crippen LogP contribution in [0, 0.1) is 0 Å². The molecule has 0 bridgehead atoms. The first-order valence-electron chi connectivity index (χ1n) is 6.00. The van der Waals surface area contributed by atoms with Gasteiger partial charge in [-0.15, -0.1) is 5.10 Å². The average Bonchev–Trinajstić information content (AvgIpc) is 2.79. The lowest BCUT2D eigenvalue weighted by atomic mass is 10.4. The van der Waals surface area contributed by atoms with E-state index in [2.05, 4.69) is 25.5 Å². The highest BCUT2D eigenvalue weighted by Gasteiger charge is 2.14. The Labute approximate surface area is 125 Å². The molecule has 0 radical (unpaired) electrons. The summed E-state index contributed by atoms with van der Waals surface area (Å²) >= 11 is 2.81. The molecule has 0 fully saturated rings. The fourth-order valence-electron chi connectivity index (χ4n) is 1.59. The van der Waals surface area contributed by atoms with E-state index in [1.54, 1.807) is 11.6 Å². The van der Waals surface area contributed by atoms with Crippen molar-refractivity contribution in [2.75, 3.05) is 18.6 Å². The van der Waals surface area contributed by atoms with E-state index in [1.165, 1.54) is 23.5 Å². The largest absolute Gasteiger partial charge is 0.373 e. The first-order chi connectivity index (χ1) is 9.55. The van der Waals surface area contributed by atoms with Gasteiger partial charge in [-0.1, -0.05) is 11.8 Å². The SMILES string of the molecule is CNc1cc(Sc2n[nH]c(=O)n2C(C)C)nc(SC)n1. The van der Waals surface area contributed by atoms with Gasteiger partial charge in [0.2, 0.25) is 0 Å². The number of hydrogen-bond donors (Lipinski definition) is 2. The monoisotopic (exact) mass is 312 g/mol. The standard InChI is InChI=1S/C11H16N6OS2/c1-6(2)17-10(18)15-16-11(17)20-8-5-7(12-3)13-9(14-8)19-4/h5-6H,1-4H3,(H,15,18)(H,12,13,14). The van der Waals surface area contributed by atoms with Crippen molar-refractivity contribution in [3.63, 3.8) is 0 Å². The highest BCUT2D eigenvalue weighted by molar-refractivity contribution is 7.99. The van der Waals surface area contributed by atoms with Gasteiger partial charge in [0.15, 0.2) is 10.3 Å². The summed E-state index contributed by atoms with van der Waals surface area (Å²) < 4.78 is 1.60. The maximum Gasteiger partial charge on any atom is 0.344 e. The number of nitrogens with one attached hydrogen (secondary N) is 2. The normalized spacial score (nSPS) is 11.1. The summed E-state index contributed by atoms with van der Waals surface area (Å²) in [5, 5.41) is 11.5. The van der Waals surface area contributed by atoms with Gasteiger partial charge in [-0.25, -0.2) is 19.9 Å². The molecule has 0 amide bonds. The highest BCUT2D eigenvalue weighted by Crippen LogP contribution is 2.27. The zero-order chi connectivity index (χ0) is 14.7. The first kappa shape index (κ1) is 14.9. The van der Waals surface area contributed by atoms with Gasteiger partial charge in [0.05, 0.1) is 0 Å². The molecular formula is C11H16N6OS2. The van der Waals surface area contributed by atoms with Crippen molar-refractivity contribution in [2.45, 2.75) is 35.2 Å². The molecule has 0 aliphatic heterocycles. The van der Waals surface area contributed by atoms with E-state index < -0.39 is 0 Å². The molecule has 2 aromatic rings. The molecule has 0 aliphatic carbocycles. The first-order valence-corrected chi connectivity index (χ1v) is 8.05. The van der Waals surface area contributed by atoms with Crippen molar-refractivity contribution in [3.05, 3.63) is 16.6 Å². The van der Waals surface area contributed by atoms with E-state index in [0.29, 0.717) is 10.3 Å². The van der Waals surface area contributed by atoms with Gasteiger partial charge in [-0.05, 0) is 31.9 Å². The van der Waals surface area contributed by atoms with Crippen molar-refractivity contribution in [1.82, 2.24) is 24.7 Å². The van der Waals surface area contributed by atoms with Crippen LogP contribution in [0.2, 0.25) is 0 Å². The van der Waals surface area contributed by atoms with E-state index in [4.69, 9.17) is 0 Å². The second-order valence-corrected chi connectivity index (χ2v) is 5.97. The molecule has 2 aromatic heterocycles. The number of hydrogen-bond acceptors (Lipinski definition) is 7. The molecular weight excluding hydrogens is 296 g/mol. The van der Waals surface area contributed by atoms with Crippen LogP contribution < -0.4 is 11.0 Å². The van der Waals surface area contributed by atoms with Crippen molar-refractivity contribution in [2.24, 2.45) is 0 Å². The summed E-state index contributed by atoms with van der Waals surface area (Å²) in [6.45, 7) is 3.88. The predicted molar refractivity (Wildman–Crippen MR) is 80.7 cm³/mol. The Kier molecular flexibility index (Phi) is 4.71. The van der Waals surface area contributed by atoms with Crippen LogP contribution in [0.4, 0.5) is 5.82 Å². The minimum absolute atomic E-state index is 0.0365. The van der Waals surface area contributed by atoms with Gasteiger partial charge >= 0.3 is 5.69 Å². The fourth-order valence-corrected chi connectivity index (χ4v) is 3.00. The molecule has 2 heterocycles. The minimum atomic E-state index is -0.213. The molecule has 0 aliphatic rings.